The van der Waals surface area contributed by atoms with Crippen LogP contribution in [0.2, 0.25) is 0 Å². The first-order valence-electron chi connectivity index (χ1n) is 4.50. The van der Waals surface area contributed by atoms with E-state index >= 15 is 0 Å². The van der Waals surface area contributed by atoms with Gasteiger partial charge in [-0.1, -0.05) is 6.92 Å². The van der Waals surface area contributed by atoms with Crippen molar-refractivity contribution >= 4 is 11.8 Å². The third kappa shape index (κ3) is 1.41. The van der Waals surface area contributed by atoms with E-state index in [1.54, 1.807) is 19.3 Å². The van der Waals surface area contributed by atoms with Gasteiger partial charge in [-0.3, -0.25) is 19.6 Å². The van der Waals surface area contributed by atoms with Gasteiger partial charge < -0.3 is 0 Å². The van der Waals surface area contributed by atoms with Crippen LogP contribution in [0.4, 0.5) is 0 Å². The number of hydrogen-bond donors (Lipinski definition) is 1. The molecule has 2 amide bonds. The minimum absolute atomic E-state index is 0.0869. The summed E-state index contributed by atoms with van der Waals surface area (Å²) >= 11 is 0. The van der Waals surface area contributed by atoms with Gasteiger partial charge in [0, 0.05) is 24.1 Å². The Morgan fingerprint density at radius 3 is 2.93 bits per heavy atom. The van der Waals surface area contributed by atoms with Crippen molar-refractivity contribution in [3.63, 3.8) is 0 Å². The second-order valence-electron chi connectivity index (χ2n) is 3.53. The average molecular weight is 193 g/mol. The molecule has 1 atom stereocenters. The third-order valence-corrected chi connectivity index (χ3v) is 2.37. The van der Waals surface area contributed by atoms with Gasteiger partial charge in [0.1, 0.15) is 0 Å². The molecule has 0 aliphatic carbocycles. The van der Waals surface area contributed by atoms with Crippen LogP contribution in [0.5, 0.6) is 0 Å². The van der Waals surface area contributed by atoms with Gasteiger partial charge in [0.15, 0.2) is 0 Å². The first-order chi connectivity index (χ1) is 6.68. The SMILES string of the molecule is CC1CC(=O)N(Cc2cn[nH]c2)C1=O. The molecule has 1 saturated heterocycles. The quantitative estimate of drug-likeness (QED) is 0.687. The number of carbonyl (C=O) groups is 2. The van der Waals surface area contributed by atoms with Crippen LogP contribution in [0.3, 0.4) is 0 Å². The summed E-state index contributed by atoms with van der Waals surface area (Å²) in [4.78, 5) is 24.2. The molecule has 2 heterocycles. The van der Waals surface area contributed by atoms with Gasteiger partial charge in [-0.25, -0.2) is 0 Å². The molecular formula is C9H11N3O2. The number of carbonyl (C=O) groups excluding carboxylic acids is 2. The molecule has 0 aromatic carbocycles. The van der Waals surface area contributed by atoms with E-state index < -0.39 is 0 Å². The number of H-pyrrole nitrogens is 1. The van der Waals surface area contributed by atoms with Crippen LogP contribution in [0.15, 0.2) is 12.4 Å². The Hall–Kier alpha value is -1.65. The molecule has 74 valence electrons. The van der Waals surface area contributed by atoms with E-state index in [1.165, 1.54) is 4.90 Å². The Balaban J connectivity index is 2.12. The third-order valence-electron chi connectivity index (χ3n) is 2.37. The second-order valence-corrected chi connectivity index (χ2v) is 3.53. The molecule has 2 rings (SSSR count). The van der Waals surface area contributed by atoms with Crippen LogP contribution in [-0.4, -0.2) is 26.9 Å². The maximum absolute atomic E-state index is 11.5. The van der Waals surface area contributed by atoms with E-state index in [4.69, 9.17) is 0 Å². The summed E-state index contributed by atoms with van der Waals surface area (Å²) in [5.74, 6) is -0.352. The highest BCUT2D eigenvalue weighted by Crippen LogP contribution is 2.20. The molecule has 0 saturated carbocycles. The normalized spacial score (nSPS) is 22.1. The summed E-state index contributed by atoms with van der Waals surface area (Å²) in [7, 11) is 0. The smallest absolute Gasteiger partial charge is 0.232 e. The maximum atomic E-state index is 11.5. The molecular weight excluding hydrogens is 182 g/mol. The first-order valence-corrected chi connectivity index (χ1v) is 4.50. The van der Waals surface area contributed by atoms with E-state index in [9.17, 15) is 9.59 Å². The summed E-state index contributed by atoms with van der Waals surface area (Å²) in [6.07, 6.45) is 3.63. The Morgan fingerprint density at radius 2 is 2.43 bits per heavy atom. The number of amides is 2. The Morgan fingerprint density at radius 1 is 1.64 bits per heavy atom. The fourth-order valence-corrected chi connectivity index (χ4v) is 1.56. The van der Waals surface area contributed by atoms with Crippen LogP contribution in [0.25, 0.3) is 0 Å². The molecule has 1 fully saturated rings. The molecule has 0 bridgehead atoms. The van der Waals surface area contributed by atoms with Gasteiger partial charge in [0.2, 0.25) is 11.8 Å². The fraction of sp³-hybridized carbons (Fsp3) is 0.444. The van der Waals surface area contributed by atoms with Crippen LogP contribution in [0, 0.1) is 5.92 Å². The Kier molecular flexibility index (Phi) is 2.07. The lowest BCUT2D eigenvalue weighted by Crippen LogP contribution is -2.29. The minimum Gasteiger partial charge on any atom is -0.285 e. The molecule has 0 spiro atoms. The van der Waals surface area contributed by atoms with Crippen molar-refractivity contribution in [1.82, 2.24) is 15.1 Å². The topological polar surface area (TPSA) is 66.1 Å². The van der Waals surface area contributed by atoms with E-state index in [2.05, 4.69) is 10.2 Å². The molecule has 1 aromatic rings. The van der Waals surface area contributed by atoms with E-state index in [1.807, 2.05) is 0 Å². The number of aromatic nitrogens is 2. The Bertz CT molecular complexity index is 358. The lowest BCUT2D eigenvalue weighted by atomic mass is 10.1. The number of nitrogens with one attached hydrogen (secondary N) is 1. The first kappa shape index (κ1) is 8.93. The average Bonchev–Trinajstić information content (AvgIpc) is 2.71. The van der Waals surface area contributed by atoms with Crippen molar-refractivity contribution in [3.05, 3.63) is 18.0 Å². The van der Waals surface area contributed by atoms with Crippen LogP contribution >= 0.6 is 0 Å². The molecule has 1 aliphatic heterocycles. The van der Waals surface area contributed by atoms with Crippen LogP contribution in [0.1, 0.15) is 18.9 Å². The standard InChI is InChI=1S/C9H11N3O2/c1-6-2-8(13)12(9(6)14)5-7-3-10-11-4-7/h3-4,6H,2,5H2,1H3,(H,10,11). The van der Waals surface area contributed by atoms with Gasteiger partial charge in [0.05, 0.1) is 12.7 Å². The number of nitrogens with zero attached hydrogens (tertiary/aromatic N) is 2. The molecule has 14 heavy (non-hydrogen) atoms. The largest absolute Gasteiger partial charge is 0.285 e. The second kappa shape index (κ2) is 3.25. The Labute approximate surface area is 81.1 Å². The summed E-state index contributed by atoms with van der Waals surface area (Å²) in [6.45, 7) is 2.11. The molecule has 1 aliphatic rings. The molecule has 1 unspecified atom stereocenters. The summed E-state index contributed by atoms with van der Waals surface area (Å²) in [6, 6.07) is 0. The number of rotatable bonds is 2. The maximum Gasteiger partial charge on any atom is 0.232 e. The molecule has 1 aromatic heterocycles. The van der Waals surface area contributed by atoms with Gasteiger partial charge in [-0.2, -0.15) is 5.10 Å². The number of aromatic amines is 1. The lowest BCUT2D eigenvalue weighted by molar-refractivity contribution is -0.139. The van der Waals surface area contributed by atoms with Gasteiger partial charge in [-0.15, -0.1) is 0 Å². The number of hydrogen-bond acceptors (Lipinski definition) is 3. The van der Waals surface area contributed by atoms with E-state index in [0.29, 0.717) is 13.0 Å². The van der Waals surface area contributed by atoms with Crippen molar-refractivity contribution in [1.29, 1.82) is 0 Å². The van der Waals surface area contributed by atoms with Gasteiger partial charge in [-0.05, 0) is 0 Å². The predicted molar refractivity (Wildman–Crippen MR) is 47.9 cm³/mol. The van der Waals surface area contributed by atoms with E-state index in [-0.39, 0.29) is 17.7 Å². The lowest BCUT2D eigenvalue weighted by Gasteiger charge is -2.12. The zero-order valence-corrected chi connectivity index (χ0v) is 7.86. The predicted octanol–water partition coefficient (Wildman–Crippen LogP) is 0.305. The summed E-state index contributed by atoms with van der Waals surface area (Å²) < 4.78 is 0. The van der Waals surface area contributed by atoms with Crippen LogP contribution < -0.4 is 0 Å². The highest BCUT2D eigenvalue weighted by molar-refractivity contribution is 6.03. The van der Waals surface area contributed by atoms with Gasteiger partial charge >= 0.3 is 0 Å². The highest BCUT2D eigenvalue weighted by Gasteiger charge is 2.35. The summed E-state index contributed by atoms with van der Waals surface area (Å²) in [5.41, 5.74) is 0.848. The molecule has 0 radical (unpaired) electrons. The van der Waals surface area contributed by atoms with Crippen molar-refractivity contribution in [3.8, 4) is 0 Å². The minimum atomic E-state index is -0.172. The zero-order chi connectivity index (χ0) is 10.1. The van der Waals surface area contributed by atoms with Crippen molar-refractivity contribution in [2.24, 2.45) is 5.92 Å². The van der Waals surface area contributed by atoms with Crippen molar-refractivity contribution < 1.29 is 9.59 Å². The molecule has 5 nitrogen and oxygen atoms in total. The van der Waals surface area contributed by atoms with Crippen LogP contribution in [-0.2, 0) is 16.1 Å². The van der Waals surface area contributed by atoms with Crippen molar-refractivity contribution in [2.75, 3.05) is 0 Å². The number of likely N-dealkylation sites (tertiary alicyclic amines) is 1. The highest BCUT2D eigenvalue weighted by atomic mass is 16.2. The molecule has 5 heteroatoms. The fourth-order valence-electron chi connectivity index (χ4n) is 1.56. The number of imide groups is 1. The van der Waals surface area contributed by atoms with E-state index in [0.717, 1.165) is 5.56 Å². The molecule has 1 N–H and O–H groups in total. The zero-order valence-electron chi connectivity index (χ0n) is 7.86. The van der Waals surface area contributed by atoms with Crippen molar-refractivity contribution in [2.45, 2.75) is 19.9 Å². The monoisotopic (exact) mass is 193 g/mol. The summed E-state index contributed by atoms with van der Waals surface area (Å²) in [5, 5.41) is 6.40. The van der Waals surface area contributed by atoms with Gasteiger partial charge in [0.25, 0.3) is 0 Å².